The molecule has 15 heavy (non-hydrogen) atoms. The van der Waals surface area contributed by atoms with Crippen molar-refractivity contribution < 1.29 is 4.79 Å². The smallest absolute Gasteiger partial charge is 0.253 e. The Hall–Kier alpha value is -0.670. The van der Waals surface area contributed by atoms with Gasteiger partial charge in [-0.15, -0.1) is 0 Å². The van der Waals surface area contributed by atoms with E-state index in [-0.39, 0.29) is 11.9 Å². The molecule has 1 N–H and O–H groups in total. The summed E-state index contributed by atoms with van der Waals surface area (Å²) in [4.78, 5) is 11.7. The molecule has 0 heterocycles. The molecule has 0 aliphatic carbocycles. The van der Waals surface area contributed by atoms with Crippen LogP contribution in [0, 0.1) is 0 Å². The Balaban J connectivity index is 2.65. The molecule has 0 spiro atoms. The molecule has 4 heteroatoms. The summed E-state index contributed by atoms with van der Waals surface area (Å²) in [7, 11) is 0. The van der Waals surface area contributed by atoms with E-state index in [0.29, 0.717) is 10.6 Å². The Bertz CT molecular complexity index is 343. The predicted octanol–water partition coefficient (Wildman–Crippen LogP) is 2.82. The number of benzene rings is 1. The lowest BCUT2D eigenvalue weighted by molar-refractivity contribution is 0.0944. The number of nitrogens with one attached hydrogen (secondary N) is 1. The first-order chi connectivity index (χ1) is 7.15. The molecule has 82 valence electrons. The molecular weight excluding hydrogens is 230 g/mol. The first-order valence-electron chi connectivity index (χ1n) is 4.69. The van der Waals surface area contributed by atoms with Crippen LogP contribution in [0.4, 0.5) is 0 Å². The molecule has 0 saturated carbocycles. The first kappa shape index (κ1) is 12.4. The summed E-state index contributed by atoms with van der Waals surface area (Å²) >= 11 is 7.62. The van der Waals surface area contributed by atoms with E-state index in [1.807, 2.05) is 19.2 Å². The monoisotopic (exact) mass is 243 g/mol. The van der Waals surface area contributed by atoms with E-state index in [1.54, 1.807) is 30.0 Å². The Labute approximate surface area is 99.4 Å². The molecule has 1 rings (SSSR count). The van der Waals surface area contributed by atoms with Crippen LogP contribution in [0.1, 0.15) is 17.3 Å². The van der Waals surface area contributed by atoms with Gasteiger partial charge < -0.3 is 5.32 Å². The maximum absolute atomic E-state index is 11.7. The van der Waals surface area contributed by atoms with Gasteiger partial charge in [-0.3, -0.25) is 4.79 Å². The van der Waals surface area contributed by atoms with Gasteiger partial charge in [-0.2, -0.15) is 11.8 Å². The SMILES string of the molecule is CSCC(C)NC(=O)c1ccccc1Cl. The number of halogens is 1. The summed E-state index contributed by atoms with van der Waals surface area (Å²) in [6.07, 6.45) is 2.01. The molecule has 0 fully saturated rings. The van der Waals surface area contributed by atoms with Crippen molar-refractivity contribution in [2.75, 3.05) is 12.0 Å². The van der Waals surface area contributed by atoms with E-state index in [4.69, 9.17) is 11.6 Å². The lowest BCUT2D eigenvalue weighted by Gasteiger charge is -2.12. The topological polar surface area (TPSA) is 29.1 Å². The van der Waals surface area contributed by atoms with Crippen LogP contribution in [-0.2, 0) is 0 Å². The van der Waals surface area contributed by atoms with Crippen LogP contribution in [0.5, 0.6) is 0 Å². The van der Waals surface area contributed by atoms with E-state index in [2.05, 4.69) is 5.32 Å². The fourth-order valence-electron chi connectivity index (χ4n) is 1.24. The molecule has 0 aliphatic rings. The molecule has 0 aromatic heterocycles. The number of amides is 1. The van der Waals surface area contributed by atoms with Gasteiger partial charge in [0.1, 0.15) is 0 Å². The fraction of sp³-hybridized carbons (Fsp3) is 0.364. The number of thioether (sulfide) groups is 1. The first-order valence-corrected chi connectivity index (χ1v) is 6.46. The minimum atomic E-state index is -0.109. The Morgan fingerprint density at radius 2 is 2.20 bits per heavy atom. The highest BCUT2D eigenvalue weighted by Gasteiger charge is 2.11. The van der Waals surface area contributed by atoms with Crippen molar-refractivity contribution in [2.24, 2.45) is 0 Å². The molecule has 0 radical (unpaired) electrons. The van der Waals surface area contributed by atoms with Crippen molar-refractivity contribution in [2.45, 2.75) is 13.0 Å². The maximum Gasteiger partial charge on any atom is 0.253 e. The van der Waals surface area contributed by atoms with Gasteiger partial charge >= 0.3 is 0 Å². The molecule has 1 unspecified atom stereocenters. The van der Waals surface area contributed by atoms with E-state index >= 15 is 0 Å². The lowest BCUT2D eigenvalue weighted by Crippen LogP contribution is -2.34. The third-order valence-electron chi connectivity index (χ3n) is 1.91. The van der Waals surface area contributed by atoms with Crippen LogP contribution in [0.3, 0.4) is 0 Å². The summed E-state index contributed by atoms with van der Waals surface area (Å²) in [5.41, 5.74) is 0.534. The predicted molar refractivity (Wildman–Crippen MR) is 66.8 cm³/mol. The summed E-state index contributed by atoms with van der Waals surface area (Å²) in [6.45, 7) is 1.98. The van der Waals surface area contributed by atoms with Crippen molar-refractivity contribution in [1.29, 1.82) is 0 Å². The summed E-state index contributed by atoms with van der Waals surface area (Å²) in [5.74, 6) is 0.790. The quantitative estimate of drug-likeness (QED) is 0.881. The zero-order chi connectivity index (χ0) is 11.3. The van der Waals surface area contributed by atoms with Crippen molar-refractivity contribution >= 4 is 29.3 Å². The number of carbonyl (C=O) groups is 1. The highest BCUT2D eigenvalue weighted by molar-refractivity contribution is 7.98. The molecule has 1 amide bonds. The maximum atomic E-state index is 11.7. The van der Waals surface area contributed by atoms with Gasteiger partial charge in [-0.25, -0.2) is 0 Å². The third-order valence-corrected chi connectivity index (χ3v) is 3.08. The second-order valence-corrected chi connectivity index (χ2v) is 4.63. The highest BCUT2D eigenvalue weighted by Crippen LogP contribution is 2.14. The normalized spacial score (nSPS) is 12.2. The fourth-order valence-corrected chi connectivity index (χ4v) is 2.04. The third kappa shape index (κ3) is 3.76. The number of hydrogen-bond donors (Lipinski definition) is 1. The van der Waals surface area contributed by atoms with Gasteiger partial charge in [0, 0.05) is 11.8 Å². The Morgan fingerprint density at radius 1 is 1.53 bits per heavy atom. The van der Waals surface area contributed by atoms with Crippen molar-refractivity contribution in [3.05, 3.63) is 34.9 Å². The summed E-state index contributed by atoms with van der Waals surface area (Å²) in [6, 6.07) is 7.22. The molecule has 1 aromatic rings. The van der Waals surface area contributed by atoms with Crippen LogP contribution in [0.2, 0.25) is 5.02 Å². The standard InChI is InChI=1S/C11H14ClNOS/c1-8(7-15-2)13-11(14)9-5-3-4-6-10(9)12/h3-6,8H,7H2,1-2H3,(H,13,14). The van der Waals surface area contributed by atoms with E-state index in [0.717, 1.165) is 5.75 Å². The largest absolute Gasteiger partial charge is 0.349 e. The van der Waals surface area contributed by atoms with E-state index in [1.165, 1.54) is 0 Å². The summed E-state index contributed by atoms with van der Waals surface area (Å²) < 4.78 is 0. The molecule has 1 aromatic carbocycles. The second-order valence-electron chi connectivity index (χ2n) is 3.31. The van der Waals surface area contributed by atoms with Gasteiger partial charge in [0.05, 0.1) is 10.6 Å². The number of rotatable bonds is 4. The average molecular weight is 244 g/mol. The van der Waals surface area contributed by atoms with Gasteiger partial charge in [0.15, 0.2) is 0 Å². The molecule has 0 aliphatic heterocycles. The molecule has 2 nitrogen and oxygen atoms in total. The minimum absolute atomic E-state index is 0.109. The van der Waals surface area contributed by atoms with Crippen LogP contribution in [0.25, 0.3) is 0 Å². The Kier molecular flexibility index (Phi) is 4.99. The van der Waals surface area contributed by atoms with Gasteiger partial charge in [-0.1, -0.05) is 23.7 Å². The van der Waals surface area contributed by atoms with Crippen LogP contribution in [-0.4, -0.2) is 24.0 Å². The number of carbonyl (C=O) groups excluding carboxylic acids is 1. The molecule has 0 saturated heterocycles. The van der Waals surface area contributed by atoms with E-state index < -0.39 is 0 Å². The Morgan fingerprint density at radius 3 is 2.80 bits per heavy atom. The van der Waals surface area contributed by atoms with Crippen molar-refractivity contribution in [1.82, 2.24) is 5.32 Å². The van der Waals surface area contributed by atoms with Gasteiger partial charge in [-0.05, 0) is 25.3 Å². The average Bonchev–Trinajstić information content (AvgIpc) is 2.18. The van der Waals surface area contributed by atoms with Gasteiger partial charge in [0.25, 0.3) is 5.91 Å². The van der Waals surface area contributed by atoms with Crippen LogP contribution >= 0.6 is 23.4 Å². The molecule has 0 bridgehead atoms. The van der Waals surface area contributed by atoms with Gasteiger partial charge in [0.2, 0.25) is 0 Å². The lowest BCUT2D eigenvalue weighted by atomic mass is 10.2. The zero-order valence-corrected chi connectivity index (χ0v) is 10.4. The molecule has 1 atom stereocenters. The van der Waals surface area contributed by atoms with Crippen molar-refractivity contribution in [3.63, 3.8) is 0 Å². The summed E-state index contributed by atoms with van der Waals surface area (Å²) in [5, 5.41) is 3.39. The minimum Gasteiger partial charge on any atom is -0.349 e. The second kappa shape index (κ2) is 6.03. The van der Waals surface area contributed by atoms with Crippen LogP contribution in [0.15, 0.2) is 24.3 Å². The number of hydrogen-bond acceptors (Lipinski definition) is 2. The van der Waals surface area contributed by atoms with Crippen molar-refractivity contribution in [3.8, 4) is 0 Å². The van der Waals surface area contributed by atoms with E-state index in [9.17, 15) is 4.79 Å². The molecular formula is C11H14ClNOS. The van der Waals surface area contributed by atoms with Crippen LogP contribution < -0.4 is 5.32 Å². The zero-order valence-electron chi connectivity index (χ0n) is 8.79. The highest BCUT2D eigenvalue weighted by atomic mass is 35.5.